The average Bonchev–Trinajstić information content (AvgIpc) is 2.87. The molecule has 0 spiro atoms. The van der Waals surface area contributed by atoms with Gasteiger partial charge in [-0.3, -0.25) is 14.3 Å². The van der Waals surface area contributed by atoms with Crippen molar-refractivity contribution in [1.82, 2.24) is 9.62 Å². The molecule has 1 aliphatic heterocycles. The molecule has 0 bridgehead atoms. The lowest BCUT2D eigenvalue weighted by Gasteiger charge is -2.32. The minimum Gasteiger partial charge on any atom is -0.343 e. The van der Waals surface area contributed by atoms with Crippen LogP contribution < -0.4 is 10.0 Å². The number of nitrogens with one attached hydrogen (secondary N) is 2. The molecule has 34 heavy (non-hydrogen) atoms. The van der Waals surface area contributed by atoms with E-state index in [9.17, 15) is 14.0 Å². The molecule has 4 rings (SSSR count). The van der Waals surface area contributed by atoms with E-state index < -0.39 is 11.7 Å². The van der Waals surface area contributed by atoms with Crippen molar-refractivity contribution in [3.05, 3.63) is 72.0 Å². The fourth-order valence-electron chi connectivity index (χ4n) is 4.18. The first-order valence-corrected chi connectivity index (χ1v) is 12.7. The smallest absolute Gasteiger partial charge is 0.258 e. The van der Waals surface area contributed by atoms with Crippen LogP contribution in [0.4, 0.5) is 10.1 Å². The molecule has 1 heterocycles. The molecule has 7 heteroatoms. The van der Waals surface area contributed by atoms with E-state index in [1.54, 1.807) is 24.1 Å². The van der Waals surface area contributed by atoms with E-state index in [4.69, 9.17) is 0 Å². The fraction of sp³-hybridized carbons (Fsp3) is 0.333. The van der Waals surface area contributed by atoms with Crippen molar-refractivity contribution in [3.8, 4) is 0 Å². The summed E-state index contributed by atoms with van der Waals surface area (Å²) >= 11 is 1.58. The second-order valence-corrected chi connectivity index (χ2v) is 9.45. The highest BCUT2D eigenvalue weighted by Gasteiger charge is 2.22. The van der Waals surface area contributed by atoms with Gasteiger partial charge in [0.1, 0.15) is 5.82 Å². The molecular formula is C27H30FN3O2S. The number of anilines is 1. The maximum absolute atomic E-state index is 14.0. The largest absolute Gasteiger partial charge is 0.343 e. The van der Waals surface area contributed by atoms with Gasteiger partial charge in [-0.25, -0.2) is 4.39 Å². The van der Waals surface area contributed by atoms with Gasteiger partial charge in [0.25, 0.3) is 5.91 Å². The third-order valence-corrected chi connectivity index (χ3v) is 7.21. The lowest BCUT2D eigenvalue weighted by atomic mass is 10.1. The van der Waals surface area contributed by atoms with Gasteiger partial charge in [0.15, 0.2) is 0 Å². The van der Waals surface area contributed by atoms with Gasteiger partial charge in [-0.1, -0.05) is 49.7 Å². The van der Waals surface area contributed by atoms with E-state index in [0.29, 0.717) is 18.2 Å². The number of fused-ring (bicyclic) bond motifs is 1. The summed E-state index contributed by atoms with van der Waals surface area (Å²) in [4.78, 5) is 27.9. The minimum absolute atomic E-state index is 0.0196. The SMILES string of the molecule is CCCCC(=O)N1CCC(NSc2ccc(NC(=O)c3ccccc3F)c3ccccc23)CC1. The van der Waals surface area contributed by atoms with E-state index in [2.05, 4.69) is 17.0 Å². The standard InChI is InChI=1S/C27H30FN3O2S/c1-2-3-12-26(32)31-17-15-19(16-18-31)30-34-25-14-13-24(20-8-4-5-9-21(20)25)29-27(33)22-10-6-7-11-23(22)28/h4-11,13-14,19,30H,2-3,12,15-18H2,1H3,(H,29,33). The number of benzene rings is 3. The summed E-state index contributed by atoms with van der Waals surface area (Å²) in [6, 6.07) is 18.0. The first-order chi connectivity index (χ1) is 16.6. The first-order valence-electron chi connectivity index (χ1n) is 11.8. The molecule has 1 aliphatic rings. The Kier molecular flexibility index (Phi) is 8.19. The molecule has 0 aliphatic carbocycles. The van der Waals surface area contributed by atoms with Crippen molar-refractivity contribution in [3.63, 3.8) is 0 Å². The number of hydrogen-bond acceptors (Lipinski definition) is 4. The highest BCUT2D eigenvalue weighted by atomic mass is 32.2. The van der Waals surface area contributed by atoms with Gasteiger partial charge in [-0.05, 0) is 60.9 Å². The van der Waals surface area contributed by atoms with Crippen LogP contribution in [0.25, 0.3) is 10.8 Å². The number of unbranched alkanes of at least 4 members (excludes halogenated alkanes) is 1. The van der Waals surface area contributed by atoms with Crippen molar-refractivity contribution in [2.24, 2.45) is 0 Å². The predicted molar refractivity (Wildman–Crippen MR) is 136 cm³/mol. The maximum Gasteiger partial charge on any atom is 0.258 e. The molecule has 1 fully saturated rings. The number of piperidine rings is 1. The molecule has 0 atom stereocenters. The summed E-state index contributed by atoms with van der Waals surface area (Å²) in [5.41, 5.74) is 0.665. The first kappa shape index (κ1) is 24.2. The van der Waals surface area contributed by atoms with Gasteiger partial charge < -0.3 is 10.2 Å². The lowest BCUT2D eigenvalue weighted by Crippen LogP contribution is -2.43. The second kappa shape index (κ2) is 11.5. The van der Waals surface area contributed by atoms with Crippen molar-refractivity contribution in [1.29, 1.82) is 0 Å². The number of halogens is 1. The molecule has 178 valence electrons. The Labute approximate surface area is 204 Å². The maximum atomic E-state index is 14.0. The molecule has 0 saturated carbocycles. The van der Waals surface area contributed by atoms with Crippen LogP contribution in [0.15, 0.2) is 65.6 Å². The number of nitrogens with zero attached hydrogens (tertiary/aromatic N) is 1. The number of carbonyl (C=O) groups is 2. The van der Waals surface area contributed by atoms with Crippen molar-refractivity contribution in [2.45, 2.75) is 50.0 Å². The number of likely N-dealkylation sites (tertiary alicyclic amines) is 1. The monoisotopic (exact) mass is 479 g/mol. The summed E-state index contributed by atoms with van der Waals surface area (Å²) in [5, 5.41) is 4.77. The summed E-state index contributed by atoms with van der Waals surface area (Å²) in [5.74, 6) is -0.743. The van der Waals surface area contributed by atoms with Crippen LogP contribution in [0.3, 0.4) is 0 Å². The molecule has 0 aromatic heterocycles. The summed E-state index contributed by atoms with van der Waals surface area (Å²) in [6.45, 7) is 3.69. The summed E-state index contributed by atoms with van der Waals surface area (Å²) in [6.07, 6.45) is 4.50. The topological polar surface area (TPSA) is 61.4 Å². The van der Waals surface area contributed by atoms with Crippen LogP contribution in [0.1, 0.15) is 49.4 Å². The number of hydrogen-bond donors (Lipinski definition) is 2. The molecular weight excluding hydrogens is 449 g/mol. The van der Waals surface area contributed by atoms with Crippen LogP contribution in [0.2, 0.25) is 0 Å². The number of rotatable bonds is 8. The highest BCUT2D eigenvalue weighted by Crippen LogP contribution is 2.32. The zero-order chi connectivity index (χ0) is 23.9. The second-order valence-electron chi connectivity index (χ2n) is 8.57. The third-order valence-electron chi connectivity index (χ3n) is 6.18. The van der Waals surface area contributed by atoms with Gasteiger partial charge >= 0.3 is 0 Å². The molecule has 1 saturated heterocycles. The number of amides is 2. The van der Waals surface area contributed by atoms with Crippen LogP contribution >= 0.6 is 11.9 Å². The third kappa shape index (κ3) is 5.77. The molecule has 5 nitrogen and oxygen atoms in total. The van der Waals surface area contributed by atoms with E-state index in [1.165, 1.54) is 12.1 Å². The van der Waals surface area contributed by atoms with E-state index >= 15 is 0 Å². The Balaban J connectivity index is 1.40. The van der Waals surface area contributed by atoms with E-state index in [1.807, 2.05) is 41.3 Å². The Bertz CT molecular complexity index is 1160. The van der Waals surface area contributed by atoms with Crippen LogP contribution in [-0.4, -0.2) is 35.8 Å². The van der Waals surface area contributed by atoms with Crippen LogP contribution in [0, 0.1) is 5.82 Å². The lowest BCUT2D eigenvalue weighted by molar-refractivity contribution is -0.132. The van der Waals surface area contributed by atoms with Gasteiger partial charge in [0.05, 0.1) is 5.56 Å². The summed E-state index contributed by atoms with van der Waals surface area (Å²) in [7, 11) is 0. The minimum atomic E-state index is -0.543. The normalized spacial score (nSPS) is 14.4. The van der Waals surface area contributed by atoms with Gasteiger partial charge in [0, 0.05) is 41.5 Å². The van der Waals surface area contributed by atoms with Gasteiger partial charge in [0.2, 0.25) is 5.91 Å². The molecule has 3 aromatic rings. The Hall–Kier alpha value is -2.90. The molecule has 3 aromatic carbocycles. The van der Waals surface area contributed by atoms with E-state index in [-0.39, 0.29) is 11.5 Å². The molecule has 0 unspecified atom stereocenters. The Morgan fingerprint density at radius 2 is 1.71 bits per heavy atom. The molecule has 2 amide bonds. The van der Waals surface area contributed by atoms with Crippen LogP contribution in [0.5, 0.6) is 0 Å². The van der Waals surface area contributed by atoms with Crippen molar-refractivity contribution >= 4 is 40.2 Å². The van der Waals surface area contributed by atoms with E-state index in [0.717, 1.165) is 54.4 Å². The quantitative estimate of drug-likeness (QED) is 0.389. The van der Waals surface area contributed by atoms with Crippen molar-refractivity contribution in [2.75, 3.05) is 18.4 Å². The fourth-order valence-corrected chi connectivity index (χ4v) is 5.14. The zero-order valence-corrected chi connectivity index (χ0v) is 20.2. The summed E-state index contributed by atoms with van der Waals surface area (Å²) < 4.78 is 17.6. The van der Waals surface area contributed by atoms with Crippen molar-refractivity contribution < 1.29 is 14.0 Å². The zero-order valence-electron chi connectivity index (χ0n) is 19.4. The number of carbonyl (C=O) groups excluding carboxylic acids is 2. The molecule has 0 radical (unpaired) electrons. The Morgan fingerprint density at radius 1 is 1.00 bits per heavy atom. The Morgan fingerprint density at radius 3 is 2.44 bits per heavy atom. The average molecular weight is 480 g/mol. The molecule has 2 N–H and O–H groups in total. The van der Waals surface area contributed by atoms with Gasteiger partial charge in [-0.2, -0.15) is 0 Å². The highest BCUT2D eigenvalue weighted by molar-refractivity contribution is 7.97. The van der Waals surface area contributed by atoms with Gasteiger partial charge in [-0.15, -0.1) is 0 Å². The predicted octanol–water partition coefficient (Wildman–Crippen LogP) is 6.01. The van der Waals surface area contributed by atoms with Crippen LogP contribution in [-0.2, 0) is 4.79 Å².